The first kappa shape index (κ1) is 21.8. The Balaban J connectivity index is 1.59. The molecular formula is C24H32N4O2. The standard InChI is InChI=1S/C24H32N4O2/c1-5-27(22-15-16-28(24(22)30)21-9-7-6-8-10-21)18-23(29)26(4)17-19-11-13-20(14-12-19)25(2)3/h6-14,22H,5,15-18H2,1-4H3. The topological polar surface area (TPSA) is 47.1 Å². The van der Waals surface area contributed by atoms with Gasteiger partial charge in [0, 0.05) is 45.6 Å². The maximum Gasteiger partial charge on any atom is 0.244 e. The van der Waals surface area contributed by atoms with Crippen molar-refractivity contribution in [2.75, 3.05) is 50.6 Å². The van der Waals surface area contributed by atoms with Gasteiger partial charge in [-0.2, -0.15) is 0 Å². The molecule has 1 aliphatic rings. The summed E-state index contributed by atoms with van der Waals surface area (Å²) < 4.78 is 0. The molecule has 0 spiro atoms. The van der Waals surface area contributed by atoms with Gasteiger partial charge in [-0.15, -0.1) is 0 Å². The van der Waals surface area contributed by atoms with Crippen LogP contribution in [0.5, 0.6) is 0 Å². The molecule has 1 fully saturated rings. The number of hydrogen-bond donors (Lipinski definition) is 0. The second-order valence-electron chi connectivity index (χ2n) is 8.00. The maximum atomic E-state index is 13.0. The van der Waals surface area contributed by atoms with E-state index in [1.807, 2.05) is 68.2 Å². The molecule has 0 saturated carbocycles. The third-order valence-corrected chi connectivity index (χ3v) is 5.73. The molecule has 6 nitrogen and oxygen atoms in total. The minimum atomic E-state index is -0.244. The van der Waals surface area contributed by atoms with Crippen molar-refractivity contribution in [3.8, 4) is 0 Å². The van der Waals surface area contributed by atoms with Crippen molar-refractivity contribution in [2.24, 2.45) is 0 Å². The van der Waals surface area contributed by atoms with Crippen molar-refractivity contribution in [1.29, 1.82) is 0 Å². The summed E-state index contributed by atoms with van der Waals surface area (Å²) in [6, 6.07) is 17.7. The number of carbonyl (C=O) groups is 2. The van der Waals surface area contributed by atoms with E-state index in [2.05, 4.69) is 29.2 Å². The van der Waals surface area contributed by atoms with Crippen LogP contribution in [-0.2, 0) is 16.1 Å². The maximum absolute atomic E-state index is 13.0. The van der Waals surface area contributed by atoms with E-state index < -0.39 is 0 Å². The quantitative estimate of drug-likeness (QED) is 0.674. The minimum absolute atomic E-state index is 0.0273. The normalized spacial score (nSPS) is 16.2. The Labute approximate surface area is 179 Å². The molecule has 1 atom stereocenters. The summed E-state index contributed by atoms with van der Waals surface area (Å²) in [6.45, 7) is 4.16. The van der Waals surface area contributed by atoms with Gasteiger partial charge >= 0.3 is 0 Å². The summed E-state index contributed by atoms with van der Waals surface area (Å²) in [5.74, 6) is 0.109. The molecule has 0 radical (unpaired) electrons. The predicted octanol–water partition coefficient (Wildman–Crippen LogP) is 2.84. The van der Waals surface area contributed by atoms with Crippen LogP contribution in [0.1, 0.15) is 18.9 Å². The number of nitrogens with zero attached hydrogens (tertiary/aromatic N) is 4. The molecular weight excluding hydrogens is 376 g/mol. The van der Waals surface area contributed by atoms with Crippen LogP contribution in [0.25, 0.3) is 0 Å². The lowest BCUT2D eigenvalue weighted by Gasteiger charge is -2.28. The van der Waals surface area contributed by atoms with Crippen LogP contribution in [0.2, 0.25) is 0 Å². The zero-order chi connectivity index (χ0) is 21.7. The monoisotopic (exact) mass is 408 g/mol. The van der Waals surface area contributed by atoms with Gasteiger partial charge in [0.05, 0.1) is 12.6 Å². The van der Waals surface area contributed by atoms with Gasteiger partial charge in [0.1, 0.15) is 0 Å². The van der Waals surface area contributed by atoms with E-state index in [4.69, 9.17) is 0 Å². The summed E-state index contributed by atoms with van der Waals surface area (Å²) in [5, 5.41) is 0. The molecule has 1 aliphatic heterocycles. The van der Waals surface area contributed by atoms with E-state index in [-0.39, 0.29) is 24.4 Å². The van der Waals surface area contributed by atoms with E-state index in [9.17, 15) is 9.59 Å². The predicted molar refractivity (Wildman–Crippen MR) is 122 cm³/mol. The Morgan fingerprint density at radius 2 is 1.70 bits per heavy atom. The summed E-state index contributed by atoms with van der Waals surface area (Å²) in [6.07, 6.45) is 0.741. The molecule has 2 aromatic carbocycles. The lowest BCUT2D eigenvalue weighted by molar-refractivity contribution is -0.133. The van der Waals surface area contributed by atoms with E-state index in [1.165, 1.54) is 0 Å². The number of rotatable bonds is 8. The fourth-order valence-electron chi connectivity index (χ4n) is 3.87. The highest BCUT2D eigenvalue weighted by atomic mass is 16.2. The Morgan fingerprint density at radius 1 is 1.03 bits per heavy atom. The molecule has 2 aromatic rings. The first-order chi connectivity index (χ1) is 14.4. The van der Waals surface area contributed by atoms with Gasteiger partial charge in [-0.3, -0.25) is 14.5 Å². The molecule has 0 aliphatic carbocycles. The highest BCUT2D eigenvalue weighted by Gasteiger charge is 2.36. The Bertz CT molecular complexity index is 851. The van der Waals surface area contributed by atoms with Gasteiger partial charge in [-0.25, -0.2) is 0 Å². The molecule has 160 valence electrons. The number of amides is 2. The van der Waals surface area contributed by atoms with Crippen LogP contribution >= 0.6 is 0 Å². The molecule has 1 heterocycles. The number of carbonyl (C=O) groups excluding carboxylic acids is 2. The fourth-order valence-corrected chi connectivity index (χ4v) is 3.87. The van der Waals surface area contributed by atoms with Crippen molar-refractivity contribution < 1.29 is 9.59 Å². The highest BCUT2D eigenvalue weighted by Crippen LogP contribution is 2.24. The van der Waals surface area contributed by atoms with Gasteiger partial charge in [-0.1, -0.05) is 37.3 Å². The van der Waals surface area contributed by atoms with Crippen LogP contribution in [0, 0.1) is 0 Å². The highest BCUT2D eigenvalue weighted by molar-refractivity contribution is 5.99. The Hall–Kier alpha value is -2.86. The van der Waals surface area contributed by atoms with E-state index >= 15 is 0 Å². The SMILES string of the molecule is CCN(CC(=O)N(C)Cc1ccc(N(C)C)cc1)C1CCN(c2ccccc2)C1=O. The van der Waals surface area contributed by atoms with E-state index in [1.54, 1.807) is 4.90 Å². The Morgan fingerprint density at radius 3 is 2.30 bits per heavy atom. The number of benzene rings is 2. The number of anilines is 2. The molecule has 3 rings (SSSR count). The molecule has 1 saturated heterocycles. The summed E-state index contributed by atoms with van der Waals surface area (Å²) >= 11 is 0. The first-order valence-corrected chi connectivity index (χ1v) is 10.5. The molecule has 30 heavy (non-hydrogen) atoms. The zero-order valence-electron chi connectivity index (χ0n) is 18.4. The van der Waals surface area contributed by atoms with Gasteiger partial charge in [-0.05, 0) is 42.8 Å². The number of hydrogen-bond acceptors (Lipinski definition) is 4. The molecule has 6 heteroatoms. The minimum Gasteiger partial charge on any atom is -0.378 e. The van der Waals surface area contributed by atoms with E-state index in [0.29, 0.717) is 19.6 Å². The zero-order valence-corrected chi connectivity index (χ0v) is 18.4. The molecule has 0 N–H and O–H groups in total. The molecule has 2 amide bonds. The van der Waals surface area contributed by atoms with Crippen LogP contribution in [0.15, 0.2) is 54.6 Å². The Kier molecular flexibility index (Phi) is 7.11. The fraction of sp³-hybridized carbons (Fsp3) is 0.417. The molecule has 1 unspecified atom stereocenters. The van der Waals surface area contributed by atoms with Crippen LogP contribution < -0.4 is 9.80 Å². The van der Waals surface area contributed by atoms with Crippen molar-refractivity contribution in [3.05, 3.63) is 60.2 Å². The van der Waals surface area contributed by atoms with Gasteiger partial charge in [0.25, 0.3) is 0 Å². The van der Waals surface area contributed by atoms with Crippen molar-refractivity contribution >= 4 is 23.2 Å². The third-order valence-electron chi connectivity index (χ3n) is 5.73. The second-order valence-corrected chi connectivity index (χ2v) is 8.00. The smallest absolute Gasteiger partial charge is 0.244 e. The molecule has 0 aromatic heterocycles. The largest absolute Gasteiger partial charge is 0.378 e. The second kappa shape index (κ2) is 9.76. The van der Waals surface area contributed by atoms with Gasteiger partial charge in [0.15, 0.2) is 0 Å². The van der Waals surface area contributed by atoms with Crippen LogP contribution in [0.3, 0.4) is 0 Å². The third kappa shape index (κ3) is 5.00. The van der Waals surface area contributed by atoms with Crippen molar-refractivity contribution in [3.63, 3.8) is 0 Å². The summed E-state index contributed by atoms with van der Waals surface area (Å²) in [5.41, 5.74) is 3.14. The lowest BCUT2D eigenvalue weighted by Crippen LogP contribution is -2.46. The molecule has 0 bridgehead atoms. The lowest BCUT2D eigenvalue weighted by atomic mass is 10.2. The summed E-state index contributed by atoms with van der Waals surface area (Å²) in [7, 11) is 5.84. The summed E-state index contributed by atoms with van der Waals surface area (Å²) in [4.78, 5) is 33.5. The number of para-hydroxylation sites is 1. The number of likely N-dealkylation sites (N-methyl/N-ethyl adjacent to an activating group) is 2. The van der Waals surface area contributed by atoms with Crippen LogP contribution in [-0.4, -0.2) is 68.4 Å². The average Bonchev–Trinajstić information content (AvgIpc) is 3.14. The average molecular weight is 409 g/mol. The van der Waals surface area contributed by atoms with Crippen molar-refractivity contribution in [1.82, 2.24) is 9.80 Å². The van der Waals surface area contributed by atoms with Crippen LogP contribution in [0.4, 0.5) is 11.4 Å². The van der Waals surface area contributed by atoms with E-state index in [0.717, 1.165) is 23.4 Å². The van der Waals surface area contributed by atoms with Gasteiger partial charge in [0.2, 0.25) is 11.8 Å². The first-order valence-electron chi connectivity index (χ1n) is 10.5. The van der Waals surface area contributed by atoms with Gasteiger partial charge < -0.3 is 14.7 Å². The van der Waals surface area contributed by atoms with Crippen molar-refractivity contribution in [2.45, 2.75) is 25.9 Å².